The Morgan fingerprint density at radius 1 is 1.08 bits per heavy atom. The number of hydrogen-bond donors (Lipinski definition) is 2. The molecule has 37 heavy (non-hydrogen) atoms. The molecular formula is C28H33ClN4O4. The zero-order valence-electron chi connectivity index (χ0n) is 21.6. The van der Waals surface area contributed by atoms with Gasteiger partial charge < -0.3 is 19.9 Å². The van der Waals surface area contributed by atoms with Gasteiger partial charge in [-0.2, -0.15) is 0 Å². The fourth-order valence-corrected chi connectivity index (χ4v) is 3.92. The molecule has 2 heterocycles. The summed E-state index contributed by atoms with van der Waals surface area (Å²) < 4.78 is 6.91. The summed E-state index contributed by atoms with van der Waals surface area (Å²) in [5.74, 6) is -0.281. The number of nitrogens with zero attached hydrogens (tertiary/aromatic N) is 2. The van der Waals surface area contributed by atoms with Gasteiger partial charge in [0.2, 0.25) is 5.91 Å². The van der Waals surface area contributed by atoms with Crippen molar-refractivity contribution in [1.82, 2.24) is 20.2 Å². The van der Waals surface area contributed by atoms with Gasteiger partial charge >= 0.3 is 6.09 Å². The van der Waals surface area contributed by atoms with E-state index in [9.17, 15) is 14.4 Å². The lowest BCUT2D eigenvalue weighted by Gasteiger charge is -2.20. The molecule has 8 nitrogen and oxygen atoms in total. The summed E-state index contributed by atoms with van der Waals surface area (Å²) in [6.45, 7) is 8.12. The summed E-state index contributed by atoms with van der Waals surface area (Å²) >= 11 is 6.17. The van der Waals surface area contributed by atoms with Gasteiger partial charge in [0.25, 0.3) is 5.56 Å². The molecule has 0 saturated heterocycles. The molecule has 0 saturated carbocycles. The number of aromatic nitrogens is 2. The molecule has 9 heteroatoms. The van der Waals surface area contributed by atoms with Crippen molar-refractivity contribution in [3.05, 3.63) is 98.2 Å². The Morgan fingerprint density at radius 2 is 1.84 bits per heavy atom. The van der Waals surface area contributed by atoms with Gasteiger partial charge in [-0.05, 0) is 80.6 Å². The number of carbonyl (C=O) groups excluding carboxylic acids is 2. The number of aryl methyl sites for hydroxylation is 3. The van der Waals surface area contributed by atoms with Gasteiger partial charge in [-0.15, -0.1) is 0 Å². The van der Waals surface area contributed by atoms with E-state index < -0.39 is 11.7 Å². The third kappa shape index (κ3) is 8.75. The van der Waals surface area contributed by atoms with Crippen LogP contribution in [0.25, 0.3) is 0 Å². The Bertz CT molecular complexity index is 1300. The minimum absolute atomic E-state index is 0.0372. The molecule has 196 valence electrons. The quantitative estimate of drug-likeness (QED) is 0.433. The minimum atomic E-state index is -0.603. The number of ether oxygens (including phenoxy) is 1. The number of alkyl carbamates (subject to hydrolysis) is 1. The molecule has 2 aromatic heterocycles. The van der Waals surface area contributed by atoms with Gasteiger partial charge in [0.15, 0.2) is 0 Å². The highest BCUT2D eigenvalue weighted by Crippen LogP contribution is 2.17. The first kappa shape index (κ1) is 27.9. The van der Waals surface area contributed by atoms with Crippen LogP contribution in [-0.4, -0.2) is 27.2 Å². The lowest BCUT2D eigenvalue weighted by molar-refractivity contribution is -0.120. The predicted molar refractivity (Wildman–Crippen MR) is 143 cm³/mol. The first-order valence-corrected chi connectivity index (χ1v) is 12.5. The van der Waals surface area contributed by atoms with Gasteiger partial charge in [-0.1, -0.05) is 23.7 Å². The number of rotatable bonds is 9. The molecule has 3 rings (SSSR count). The highest BCUT2D eigenvalue weighted by Gasteiger charge is 2.17. The van der Waals surface area contributed by atoms with E-state index in [1.165, 1.54) is 0 Å². The Labute approximate surface area is 222 Å². The van der Waals surface area contributed by atoms with Crippen molar-refractivity contribution in [1.29, 1.82) is 0 Å². The Morgan fingerprint density at radius 3 is 2.54 bits per heavy atom. The van der Waals surface area contributed by atoms with Crippen molar-refractivity contribution >= 4 is 23.6 Å². The molecule has 0 fully saturated rings. The highest BCUT2D eigenvalue weighted by atomic mass is 35.5. The average Bonchev–Trinajstić information content (AvgIpc) is 2.84. The van der Waals surface area contributed by atoms with E-state index in [1.807, 2.05) is 25.1 Å². The van der Waals surface area contributed by atoms with Gasteiger partial charge in [0, 0.05) is 48.8 Å². The second-order valence-electron chi connectivity index (χ2n) is 9.81. The first-order chi connectivity index (χ1) is 17.5. The summed E-state index contributed by atoms with van der Waals surface area (Å²) in [4.78, 5) is 42.0. The SMILES string of the molecule is Cc1ccn(CCc2cccnc2)c(=O)c1CC(=O)NCc1cc(Cl)ccc1CNC(=O)OC(C)(C)C. The van der Waals surface area contributed by atoms with Gasteiger partial charge in [-0.25, -0.2) is 4.79 Å². The van der Waals surface area contributed by atoms with Crippen LogP contribution in [0, 0.1) is 6.92 Å². The van der Waals surface area contributed by atoms with Crippen LogP contribution < -0.4 is 16.2 Å². The molecule has 0 atom stereocenters. The number of nitrogens with one attached hydrogen (secondary N) is 2. The number of benzene rings is 1. The molecule has 0 spiro atoms. The number of hydrogen-bond acceptors (Lipinski definition) is 5. The smallest absolute Gasteiger partial charge is 0.407 e. The molecule has 2 N–H and O–H groups in total. The number of carbonyl (C=O) groups is 2. The van der Waals surface area contributed by atoms with E-state index in [4.69, 9.17) is 16.3 Å². The monoisotopic (exact) mass is 524 g/mol. The van der Waals surface area contributed by atoms with E-state index >= 15 is 0 Å². The zero-order valence-corrected chi connectivity index (χ0v) is 22.4. The maximum atomic E-state index is 13.1. The van der Waals surface area contributed by atoms with Crippen LogP contribution in [0.1, 0.15) is 48.6 Å². The van der Waals surface area contributed by atoms with Crippen LogP contribution in [0.4, 0.5) is 4.79 Å². The summed E-state index contributed by atoms with van der Waals surface area (Å²) in [7, 11) is 0. The van der Waals surface area contributed by atoms with E-state index in [-0.39, 0.29) is 31.0 Å². The normalized spacial score (nSPS) is 11.2. The second kappa shape index (κ2) is 12.5. The largest absolute Gasteiger partial charge is 0.444 e. The minimum Gasteiger partial charge on any atom is -0.444 e. The third-order valence-corrected chi connectivity index (χ3v) is 5.90. The Hall–Kier alpha value is -3.65. The summed E-state index contributed by atoms with van der Waals surface area (Å²) in [6, 6.07) is 10.9. The highest BCUT2D eigenvalue weighted by molar-refractivity contribution is 6.30. The predicted octanol–water partition coefficient (Wildman–Crippen LogP) is 4.33. The lowest BCUT2D eigenvalue weighted by atomic mass is 10.1. The molecular weight excluding hydrogens is 492 g/mol. The molecule has 3 aromatic rings. The van der Waals surface area contributed by atoms with Crippen LogP contribution in [0.5, 0.6) is 0 Å². The number of pyridine rings is 2. The van der Waals surface area contributed by atoms with Crippen molar-refractivity contribution in [2.24, 2.45) is 0 Å². The maximum absolute atomic E-state index is 13.1. The fraction of sp³-hybridized carbons (Fsp3) is 0.357. The molecule has 0 unspecified atom stereocenters. The average molecular weight is 525 g/mol. The molecule has 0 aliphatic heterocycles. The van der Waals surface area contributed by atoms with Gasteiger partial charge in [0.1, 0.15) is 5.60 Å². The van der Waals surface area contributed by atoms with Crippen LogP contribution >= 0.6 is 11.6 Å². The third-order valence-electron chi connectivity index (χ3n) is 5.67. The fourth-order valence-electron chi connectivity index (χ4n) is 3.73. The molecule has 0 bridgehead atoms. The second-order valence-corrected chi connectivity index (χ2v) is 10.2. The molecule has 0 aliphatic carbocycles. The molecule has 0 radical (unpaired) electrons. The van der Waals surface area contributed by atoms with Gasteiger partial charge in [-0.3, -0.25) is 14.6 Å². The Balaban J connectivity index is 1.63. The van der Waals surface area contributed by atoms with E-state index in [1.54, 1.807) is 62.1 Å². The number of halogens is 1. The van der Waals surface area contributed by atoms with Crippen LogP contribution in [0.15, 0.2) is 59.8 Å². The molecule has 0 aliphatic rings. The van der Waals surface area contributed by atoms with Crippen molar-refractivity contribution in [3.8, 4) is 0 Å². The molecule has 1 aromatic carbocycles. The van der Waals surface area contributed by atoms with E-state index in [2.05, 4.69) is 15.6 Å². The van der Waals surface area contributed by atoms with Crippen LogP contribution in [0.2, 0.25) is 5.02 Å². The maximum Gasteiger partial charge on any atom is 0.407 e. The number of amides is 2. The lowest BCUT2D eigenvalue weighted by Crippen LogP contribution is -2.33. The summed E-state index contributed by atoms with van der Waals surface area (Å²) in [6.07, 6.45) is 5.34. The standard InChI is InChI=1S/C28H33ClN4O4/c1-19-9-12-33(13-10-20-6-5-11-30-16-20)26(35)24(19)15-25(34)31-18-22-14-23(29)8-7-21(22)17-32-27(36)37-28(2,3)4/h5-9,11-12,14,16H,10,13,15,17-18H2,1-4H3,(H,31,34)(H,32,36). The van der Waals surface area contributed by atoms with Crippen molar-refractivity contribution in [2.45, 2.75) is 65.8 Å². The summed E-state index contributed by atoms with van der Waals surface area (Å²) in [5.41, 5.74) is 3.04. The van der Waals surface area contributed by atoms with Crippen molar-refractivity contribution in [2.75, 3.05) is 0 Å². The first-order valence-electron chi connectivity index (χ1n) is 12.1. The van der Waals surface area contributed by atoms with Crippen LogP contribution in [-0.2, 0) is 42.0 Å². The van der Waals surface area contributed by atoms with E-state index in [0.717, 1.165) is 22.3 Å². The summed E-state index contributed by atoms with van der Waals surface area (Å²) in [5, 5.41) is 6.11. The Kier molecular flexibility index (Phi) is 9.47. The van der Waals surface area contributed by atoms with Crippen molar-refractivity contribution in [3.63, 3.8) is 0 Å². The topological polar surface area (TPSA) is 102 Å². The molecule has 2 amide bonds. The van der Waals surface area contributed by atoms with Crippen LogP contribution in [0.3, 0.4) is 0 Å². The van der Waals surface area contributed by atoms with Crippen molar-refractivity contribution < 1.29 is 14.3 Å². The van der Waals surface area contributed by atoms with Gasteiger partial charge in [0.05, 0.1) is 6.42 Å². The zero-order chi connectivity index (χ0) is 27.0. The van der Waals surface area contributed by atoms with E-state index in [0.29, 0.717) is 23.6 Å².